The van der Waals surface area contributed by atoms with Gasteiger partial charge in [-0.2, -0.15) is 0 Å². The molecule has 1 heterocycles. The predicted octanol–water partition coefficient (Wildman–Crippen LogP) is 2.23. The van der Waals surface area contributed by atoms with E-state index in [0.717, 1.165) is 12.8 Å². The van der Waals surface area contributed by atoms with Crippen molar-refractivity contribution in [3.63, 3.8) is 0 Å². The maximum atomic E-state index is 9.15. The molecule has 0 unspecified atom stereocenters. The van der Waals surface area contributed by atoms with Gasteiger partial charge in [-0.3, -0.25) is 0 Å². The zero-order valence-electron chi connectivity index (χ0n) is 7.00. The van der Waals surface area contributed by atoms with E-state index < -0.39 is 0 Å². The summed E-state index contributed by atoms with van der Waals surface area (Å²) in [5.41, 5.74) is 1.39. The third-order valence-electron chi connectivity index (χ3n) is 1.70. The van der Waals surface area contributed by atoms with Crippen molar-refractivity contribution in [3.8, 4) is 0 Å². The average Bonchev–Trinajstić information content (AvgIpc) is 2.34. The van der Waals surface area contributed by atoms with Crippen LogP contribution in [0.3, 0.4) is 0 Å². The molecular weight excluding hydrogens is 156 g/mol. The fourth-order valence-electron chi connectivity index (χ4n) is 1.13. The molecule has 1 N–H and O–H groups in total. The Balaban J connectivity index is 2.68. The van der Waals surface area contributed by atoms with Crippen molar-refractivity contribution in [2.75, 3.05) is 0 Å². The number of thiophene rings is 1. The first-order chi connectivity index (χ1) is 5.24. The minimum absolute atomic E-state index is 0.209. The molecule has 0 aliphatic rings. The van der Waals surface area contributed by atoms with Gasteiger partial charge in [0.1, 0.15) is 0 Å². The molecule has 11 heavy (non-hydrogen) atoms. The van der Waals surface area contributed by atoms with Crippen molar-refractivity contribution in [1.82, 2.24) is 0 Å². The molecule has 62 valence electrons. The van der Waals surface area contributed by atoms with Gasteiger partial charge >= 0.3 is 0 Å². The van der Waals surface area contributed by atoms with E-state index in [1.54, 1.807) is 11.3 Å². The first-order valence-corrected chi connectivity index (χ1v) is 4.85. The molecule has 0 fully saturated rings. The fourth-order valence-corrected chi connectivity index (χ4v) is 2.23. The molecule has 0 aromatic carbocycles. The van der Waals surface area contributed by atoms with Crippen LogP contribution in [0.5, 0.6) is 0 Å². The van der Waals surface area contributed by atoms with E-state index in [1.165, 1.54) is 10.4 Å². The molecular formula is C9H14OS. The van der Waals surface area contributed by atoms with Crippen molar-refractivity contribution in [1.29, 1.82) is 0 Å². The van der Waals surface area contributed by atoms with E-state index >= 15 is 0 Å². The topological polar surface area (TPSA) is 20.2 Å². The minimum Gasteiger partial charge on any atom is -0.393 e. The molecule has 0 saturated carbocycles. The number of hydrogen-bond acceptors (Lipinski definition) is 2. The summed E-state index contributed by atoms with van der Waals surface area (Å²) in [4.78, 5) is 1.34. The molecule has 0 aliphatic heterocycles. The van der Waals surface area contributed by atoms with Crippen molar-refractivity contribution in [2.24, 2.45) is 0 Å². The third kappa shape index (κ3) is 2.31. The van der Waals surface area contributed by atoms with Crippen LogP contribution in [-0.4, -0.2) is 11.2 Å². The monoisotopic (exact) mass is 170 g/mol. The van der Waals surface area contributed by atoms with Crippen LogP contribution in [0.15, 0.2) is 11.4 Å². The Morgan fingerprint density at radius 2 is 2.36 bits per heavy atom. The van der Waals surface area contributed by atoms with Gasteiger partial charge in [-0.25, -0.2) is 0 Å². The second kappa shape index (κ2) is 3.88. The fraction of sp³-hybridized carbons (Fsp3) is 0.556. The van der Waals surface area contributed by atoms with Gasteiger partial charge in [0.05, 0.1) is 6.10 Å². The molecule has 0 radical (unpaired) electrons. The average molecular weight is 170 g/mol. The van der Waals surface area contributed by atoms with E-state index in [1.807, 2.05) is 6.92 Å². The normalized spacial score (nSPS) is 13.4. The molecule has 1 aromatic heterocycles. The largest absolute Gasteiger partial charge is 0.393 e. The maximum Gasteiger partial charge on any atom is 0.0560 e. The second-order valence-corrected chi connectivity index (χ2v) is 3.78. The van der Waals surface area contributed by atoms with Crippen LogP contribution in [0.25, 0.3) is 0 Å². The van der Waals surface area contributed by atoms with Crippen LogP contribution in [0.1, 0.15) is 24.3 Å². The lowest BCUT2D eigenvalue weighted by Gasteiger charge is -2.03. The Bertz CT molecular complexity index is 215. The second-order valence-electron chi connectivity index (χ2n) is 2.78. The number of aliphatic hydroxyl groups is 1. The number of aryl methyl sites for hydroxylation is 1. The highest BCUT2D eigenvalue weighted by Gasteiger charge is 2.04. The van der Waals surface area contributed by atoms with Gasteiger partial charge in [-0.1, -0.05) is 6.92 Å². The lowest BCUT2D eigenvalue weighted by atomic mass is 10.1. The number of rotatable bonds is 3. The summed E-state index contributed by atoms with van der Waals surface area (Å²) in [7, 11) is 0. The highest BCUT2D eigenvalue weighted by atomic mass is 32.1. The molecule has 1 aromatic rings. The summed E-state index contributed by atoms with van der Waals surface area (Å²) >= 11 is 1.74. The van der Waals surface area contributed by atoms with Gasteiger partial charge < -0.3 is 5.11 Å². The molecule has 0 amide bonds. The van der Waals surface area contributed by atoms with Crippen LogP contribution >= 0.6 is 11.3 Å². The Morgan fingerprint density at radius 3 is 2.91 bits per heavy atom. The summed E-state index contributed by atoms with van der Waals surface area (Å²) < 4.78 is 0. The number of aliphatic hydroxyl groups excluding tert-OH is 1. The predicted molar refractivity (Wildman–Crippen MR) is 49.1 cm³/mol. The zero-order chi connectivity index (χ0) is 8.27. The highest BCUT2D eigenvalue weighted by molar-refractivity contribution is 7.10. The van der Waals surface area contributed by atoms with Crippen LogP contribution in [0, 0.1) is 0 Å². The van der Waals surface area contributed by atoms with Crippen LogP contribution in [0.2, 0.25) is 0 Å². The molecule has 1 atom stereocenters. The van der Waals surface area contributed by atoms with Gasteiger partial charge in [0.2, 0.25) is 0 Å². The molecule has 0 aliphatic carbocycles. The molecule has 1 rings (SSSR count). The first-order valence-electron chi connectivity index (χ1n) is 3.97. The van der Waals surface area contributed by atoms with Crippen LogP contribution in [0.4, 0.5) is 0 Å². The highest BCUT2D eigenvalue weighted by Crippen LogP contribution is 2.18. The van der Waals surface area contributed by atoms with Gasteiger partial charge in [0.15, 0.2) is 0 Å². The van der Waals surface area contributed by atoms with Gasteiger partial charge in [0, 0.05) is 11.3 Å². The van der Waals surface area contributed by atoms with E-state index in [2.05, 4.69) is 18.4 Å². The summed E-state index contributed by atoms with van der Waals surface area (Å²) in [5, 5.41) is 11.2. The number of hydrogen-bond donors (Lipinski definition) is 1. The SMILES string of the molecule is CCc1ccsc1C[C@@H](C)O. The molecule has 0 saturated heterocycles. The van der Waals surface area contributed by atoms with E-state index in [-0.39, 0.29) is 6.10 Å². The van der Waals surface area contributed by atoms with Crippen molar-refractivity contribution >= 4 is 11.3 Å². The molecule has 0 bridgehead atoms. The van der Waals surface area contributed by atoms with Crippen LogP contribution in [-0.2, 0) is 12.8 Å². The Labute approximate surface area is 71.7 Å². The minimum atomic E-state index is -0.209. The summed E-state index contributed by atoms with van der Waals surface area (Å²) in [6, 6.07) is 2.14. The van der Waals surface area contributed by atoms with E-state index in [9.17, 15) is 0 Å². The van der Waals surface area contributed by atoms with E-state index in [4.69, 9.17) is 5.11 Å². The molecule has 0 spiro atoms. The van der Waals surface area contributed by atoms with Crippen LogP contribution < -0.4 is 0 Å². The summed E-state index contributed by atoms with van der Waals surface area (Å²) in [6.45, 7) is 3.98. The lowest BCUT2D eigenvalue weighted by Crippen LogP contribution is -2.03. The van der Waals surface area contributed by atoms with Gasteiger partial charge in [0.25, 0.3) is 0 Å². The Morgan fingerprint density at radius 1 is 1.64 bits per heavy atom. The molecule has 2 heteroatoms. The summed E-state index contributed by atoms with van der Waals surface area (Å²) in [5.74, 6) is 0. The van der Waals surface area contributed by atoms with Gasteiger partial charge in [-0.05, 0) is 30.4 Å². The van der Waals surface area contributed by atoms with E-state index in [0.29, 0.717) is 0 Å². The Hall–Kier alpha value is -0.340. The lowest BCUT2D eigenvalue weighted by molar-refractivity contribution is 0.196. The quantitative estimate of drug-likeness (QED) is 0.737. The smallest absolute Gasteiger partial charge is 0.0560 e. The first kappa shape index (κ1) is 8.75. The van der Waals surface area contributed by atoms with Crippen molar-refractivity contribution in [3.05, 3.63) is 21.9 Å². The third-order valence-corrected chi connectivity index (χ3v) is 2.68. The van der Waals surface area contributed by atoms with Crippen molar-refractivity contribution < 1.29 is 5.11 Å². The van der Waals surface area contributed by atoms with Crippen molar-refractivity contribution in [2.45, 2.75) is 32.8 Å². The van der Waals surface area contributed by atoms with Gasteiger partial charge in [-0.15, -0.1) is 11.3 Å². The maximum absolute atomic E-state index is 9.15. The standard InChI is InChI=1S/C9H14OS/c1-3-8-4-5-11-9(8)6-7(2)10/h4-5,7,10H,3,6H2,1-2H3/t7-/m1/s1. The summed E-state index contributed by atoms with van der Waals surface area (Å²) in [6.07, 6.45) is 1.67. The Kier molecular flexibility index (Phi) is 3.09. The molecule has 1 nitrogen and oxygen atoms in total. The zero-order valence-corrected chi connectivity index (χ0v) is 7.82.